The first-order chi connectivity index (χ1) is 9.43. The first-order valence-corrected chi connectivity index (χ1v) is 5.97. The van der Waals surface area contributed by atoms with Crippen molar-refractivity contribution in [2.45, 2.75) is 19.6 Å². The predicted molar refractivity (Wildman–Crippen MR) is 72.3 cm³/mol. The van der Waals surface area contributed by atoms with E-state index in [0.29, 0.717) is 11.0 Å². The third-order valence-corrected chi connectivity index (χ3v) is 3.06. The summed E-state index contributed by atoms with van der Waals surface area (Å²) in [6.07, 6.45) is -0.253. The van der Waals surface area contributed by atoms with Crippen LogP contribution in [0.5, 0.6) is 0 Å². The van der Waals surface area contributed by atoms with E-state index in [9.17, 15) is 14.4 Å². The van der Waals surface area contributed by atoms with Crippen molar-refractivity contribution >= 4 is 17.0 Å². The molecular weight excluding hydrogens is 264 g/mol. The smallest absolute Gasteiger partial charge is 0.335 e. The van der Waals surface area contributed by atoms with Crippen LogP contribution in [0.25, 0.3) is 11.0 Å². The fourth-order valence-electron chi connectivity index (χ4n) is 1.93. The zero-order valence-electron chi connectivity index (χ0n) is 11.0. The van der Waals surface area contributed by atoms with Gasteiger partial charge in [0.05, 0.1) is 29.2 Å². The second-order valence-corrected chi connectivity index (χ2v) is 4.45. The Morgan fingerprint density at radius 2 is 2.15 bits per heavy atom. The second-order valence-electron chi connectivity index (χ2n) is 4.45. The van der Waals surface area contributed by atoms with Gasteiger partial charge in [0, 0.05) is 7.11 Å². The SMILES string of the molecule is COC(C)Cn1c(=O)c(=O)[nH]c2cc(C(=O)O)ccc21. The molecule has 2 rings (SSSR count). The molecule has 0 spiro atoms. The highest BCUT2D eigenvalue weighted by atomic mass is 16.5. The van der Waals surface area contributed by atoms with Crippen LogP contribution in [-0.4, -0.2) is 33.8 Å². The average Bonchev–Trinajstić information content (AvgIpc) is 2.42. The van der Waals surface area contributed by atoms with Crippen molar-refractivity contribution in [1.29, 1.82) is 0 Å². The number of fused-ring (bicyclic) bond motifs is 1. The summed E-state index contributed by atoms with van der Waals surface area (Å²) in [4.78, 5) is 36.8. The number of hydrogen-bond acceptors (Lipinski definition) is 4. The largest absolute Gasteiger partial charge is 0.478 e. The van der Waals surface area contributed by atoms with Gasteiger partial charge in [0.1, 0.15) is 0 Å². The summed E-state index contributed by atoms with van der Waals surface area (Å²) in [5.41, 5.74) is -0.674. The second kappa shape index (κ2) is 5.30. The average molecular weight is 278 g/mol. The van der Waals surface area contributed by atoms with Crippen LogP contribution in [0.4, 0.5) is 0 Å². The van der Waals surface area contributed by atoms with Crippen molar-refractivity contribution in [3.8, 4) is 0 Å². The van der Waals surface area contributed by atoms with Gasteiger partial charge in [-0.15, -0.1) is 0 Å². The molecule has 0 aliphatic heterocycles. The lowest BCUT2D eigenvalue weighted by Crippen LogP contribution is -2.38. The molecule has 2 N–H and O–H groups in total. The number of carbonyl (C=O) groups is 1. The van der Waals surface area contributed by atoms with Gasteiger partial charge in [-0.1, -0.05) is 0 Å². The first-order valence-electron chi connectivity index (χ1n) is 5.97. The van der Waals surface area contributed by atoms with Crippen LogP contribution >= 0.6 is 0 Å². The molecular formula is C13H14N2O5. The number of carboxylic acid groups (broad SMARTS) is 1. The van der Waals surface area contributed by atoms with E-state index < -0.39 is 17.1 Å². The van der Waals surface area contributed by atoms with Gasteiger partial charge in [0.15, 0.2) is 0 Å². The molecule has 1 unspecified atom stereocenters. The first kappa shape index (κ1) is 14.0. The maximum atomic E-state index is 11.9. The van der Waals surface area contributed by atoms with Gasteiger partial charge in [0.25, 0.3) is 0 Å². The van der Waals surface area contributed by atoms with Crippen molar-refractivity contribution in [2.75, 3.05) is 7.11 Å². The highest BCUT2D eigenvalue weighted by Gasteiger charge is 2.12. The van der Waals surface area contributed by atoms with Crippen LogP contribution in [0, 0.1) is 0 Å². The number of hydrogen-bond donors (Lipinski definition) is 2. The van der Waals surface area contributed by atoms with Crippen molar-refractivity contribution < 1.29 is 14.6 Å². The van der Waals surface area contributed by atoms with Gasteiger partial charge in [-0.2, -0.15) is 0 Å². The van der Waals surface area contributed by atoms with E-state index in [1.54, 1.807) is 6.92 Å². The van der Waals surface area contributed by atoms with Crippen LogP contribution in [0.2, 0.25) is 0 Å². The van der Waals surface area contributed by atoms with Crippen molar-refractivity contribution in [1.82, 2.24) is 9.55 Å². The molecule has 1 aromatic heterocycles. The van der Waals surface area contributed by atoms with E-state index in [2.05, 4.69) is 4.98 Å². The molecule has 106 valence electrons. The van der Waals surface area contributed by atoms with E-state index in [4.69, 9.17) is 9.84 Å². The lowest BCUT2D eigenvalue weighted by molar-refractivity contribution is 0.0697. The van der Waals surface area contributed by atoms with Crippen LogP contribution in [-0.2, 0) is 11.3 Å². The zero-order valence-corrected chi connectivity index (χ0v) is 11.0. The number of H-pyrrole nitrogens is 1. The van der Waals surface area contributed by atoms with Crippen LogP contribution < -0.4 is 11.1 Å². The van der Waals surface area contributed by atoms with Crippen molar-refractivity contribution in [3.63, 3.8) is 0 Å². The number of aromatic nitrogens is 2. The van der Waals surface area contributed by atoms with Crippen molar-refractivity contribution in [3.05, 3.63) is 44.5 Å². The Morgan fingerprint density at radius 3 is 2.75 bits per heavy atom. The highest BCUT2D eigenvalue weighted by Crippen LogP contribution is 2.12. The topological polar surface area (TPSA) is 101 Å². The molecule has 1 heterocycles. The monoisotopic (exact) mass is 278 g/mol. The molecule has 2 aromatic rings. The molecule has 0 radical (unpaired) electrons. The van der Waals surface area contributed by atoms with Gasteiger partial charge in [-0.05, 0) is 25.1 Å². The molecule has 1 atom stereocenters. The molecule has 0 aliphatic carbocycles. The Morgan fingerprint density at radius 1 is 1.45 bits per heavy atom. The Kier molecular flexibility index (Phi) is 3.71. The van der Waals surface area contributed by atoms with Crippen LogP contribution in [0.1, 0.15) is 17.3 Å². The molecule has 0 aliphatic rings. The summed E-state index contributed by atoms with van der Waals surface area (Å²) in [7, 11) is 1.51. The van der Waals surface area contributed by atoms with E-state index in [1.165, 1.54) is 29.9 Å². The number of nitrogens with zero attached hydrogens (tertiary/aromatic N) is 1. The summed E-state index contributed by atoms with van der Waals surface area (Å²) in [6.45, 7) is 1.98. The molecule has 0 amide bonds. The van der Waals surface area contributed by atoms with Crippen LogP contribution in [0.15, 0.2) is 27.8 Å². The number of nitrogens with one attached hydrogen (secondary N) is 1. The van der Waals surface area contributed by atoms with Gasteiger partial charge >= 0.3 is 17.1 Å². The number of rotatable bonds is 4. The summed E-state index contributed by atoms with van der Waals surface area (Å²) >= 11 is 0. The van der Waals surface area contributed by atoms with Crippen molar-refractivity contribution in [2.24, 2.45) is 0 Å². The lowest BCUT2D eigenvalue weighted by Gasteiger charge is -2.14. The van der Waals surface area contributed by atoms with Crippen LogP contribution in [0.3, 0.4) is 0 Å². The minimum Gasteiger partial charge on any atom is -0.478 e. The molecule has 0 saturated heterocycles. The molecule has 0 fully saturated rings. The predicted octanol–water partition coefficient (Wildman–Crippen LogP) is 0.423. The zero-order chi connectivity index (χ0) is 14.9. The quantitative estimate of drug-likeness (QED) is 0.789. The minimum absolute atomic E-state index is 0.0399. The highest BCUT2D eigenvalue weighted by molar-refractivity contribution is 5.92. The molecule has 1 aromatic carbocycles. The molecule has 7 heteroatoms. The fourth-order valence-corrected chi connectivity index (χ4v) is 1.93. The van der Waals surface area contributed by atoms with Gasteiger partial charge in [-0.3, -0.25) is 14.2 Å². The number of benzene rings is 1. The number of methoxy groups -OCH3 is 1. The standard InChI is InChI=1S/C13H14N2O5/c1-7(20-2)6-15-10-4-3-8(13(18)19)5-9(10)14-11(16)12(15)17/h3-5,7H,6H2,1-2H3,(H,14,16)(H,18,19). The summed E-state index contributed by atoms with van der Waals surface area (Å²) < 4.78 is 6.38. The van der Waals surface area contributed by atoms with E-state index in [1.807, 2.05) is 0 Å². The number of aromatic amines is 1. The van der Waals surface area contributed by atoms with E-state index in [0.717, 1.165) is 0 Å². The Balaban J connectivity index is 2.72. The molecule has 0 saturated carbocycles. The van der Waals surface area contributed by atoms with Gasteiger partial charge in [0.2, 0.25) is 0 Å². The third kappa shape index (κ3) is 2.48. The number of ether oxygens (including phenoxy) is 1. The van der Waals surface area contributed by atoms with E-state index >= 15 is 0 Å². The Hall–Kier alpha value is -2.41. The fraction of sp³-hybridized carbons (Fsp3) is 0.308. The molecule has 20 heavy (non-hydrogen) atoms. The normalized spacial score (nSPS) is 12.5. The van der Waals surface area contributed by atoms with Gasteiger partial charge < -0.3 is 14.8 Å². The van der Waals surface area contributed by atoms with E-state index in [-0.39, 0.29) is 18.2 Å². The van der Waals surface area contributed by atoms with Gasteiger partial charge in [-0.25, -0.2) is 4.79 Å². The molecule has 0 bridgehead atoms. The maximum Gasteiger partial charge on any atom is 0.335 e. The summed E-state index contributed by atoms with van der Waals surface area (Å²) in [6, 6.07) is 4.21. The minimum atomic E-state index is -1.10. The molecule has 7 nitrogen and oxygen atoms in total. The summed E-state index contributed by atoms with van der Waals surface area (Å²) in [5, 5.41) is 8.94. The summed E-state index contributed by atoms with van der Waals surface area (Å²) in [5.74, 6) is -1.10. The Labute approximate surface area is 113 Å². The Bertz CT molecular complexity index is 774. The maximum absolute atomic E-state index is 11.9. The number of carboxylic acids is 1. The number of aromatic carboxylic acids is 1. The lowest BCUT2D eigenvalue weighted by atomic mass is 10.2. The third-order valence-electron chi connectivity index (χ3n) is 3.06.